The largest absolute Gasteiger partial charge is 0.257 e. The van der Waals surface area contributed by atoms with Crippen LogP contribution in [0.25, 0.3) is 0 Å². The molecule has 0 unspecified atom stereocenters. The summed E-state index contributed by atoms with van der Waals surface area (Å²) < 4.78 is -2.82. The van der Waals surface area contributed by atoms with Crippen molar-refractivity contribution in [2.24, 2.45) is 0 Å². The molecule has 21 heavy (non-hydrogen) atoms. The fourth-order valence-electron chi connectivity index (χ4n) is 1.07. The highest BCUT2D eigenvalue weighted by Crippen LogP contribution is 2.37. The van der Waals surface area contributed by atoms with Crippen LogP contribution in [0, 0.1) is 0 Å². The fourth-order valence-corrected chi connectivity index (χ4v) is 1.86. The van der Waals surface area contributed by atoms with E-state index in [4.69, 9.17) is 81.2 Å². The molecule has 0 amide bonds. The maximum absolute atomic E-state index is 5.56. The van der Waals surface area contributed by atoms with Crippen molar-refractivity contribution in [2.75, 3.05) is 0 Å². The summed E-state index contributed by atoms with van der Waals surface area (Å²) in [5.74, 6) is 0. The van der Waals surface area contributed by atoms with Crippen LogP contribution in [0.5, 0.6) is 0 Å². The number of hydrogen-bond acceptors (Lipinski definition) is 2. The number of halogens is 7. The van der Waals surface area contributed by atoms with E-state index in [1.807, 2.05) is 0 Å². The molecule has 0 atom stereocenters. The Balaban J connectivity index is 0.000000211. The van der Waals surface area contributed by atoms with Crippen LogP contribution in [0.4, 0.5) is 0 Å². The molecule has 2 aromatic heterocycles. The normalized spacial score (nSPS) is 11.6. The van der Waals surface area contributed by atoms with Crippen LogP contribution in [0.1, 0.15) is 11.3 Å². The Morgan fingerprint density at radius 1 is 0.762 bits per heavy atom. The van der Waals surface area contributed by atoms with E-state index in [-0.39, 0.29) is 0 Å². The third-order valence-electron chi connectivity index (χ3n) is 2.01. The van der Waals surface area contributed by atoms with Gasteiger partial charge in [0.2, 0.25) is 7.59 Å². The number of nitrogens with zero attached hydrogens (tertiary/aromatic N) is 2. The minimum Gasteiger partial charge on any atom is -0.257 e. The van der Waals surface area contributed by atoms with Gasteiger partial charge in [0, 0.05) is 18.0 Å². The van der Waals surface area contributed by atoms with E-state index in [0.717, 1.165) is 0 Å². The summed E-state index contributed by atoms with van der Waals surface area (Å²) in [5.41, 5.74) is 0.951. The van der Waals surface area contributed by atoms with Crippen molar-refractivity contribution in [3.8, 4) is 0 Å². The second-order valence-corrected chi connectivity index (χ2v) is 8.53. The van der Waals surface area contributed by atoms with Crippen LogP contribution >= 0.6 is 81.2 Å². The predicted octanol–water partition coefficient (Wildman–Crippen LogP) is 6.47. The van der Waals surface area contributed by atoms with Gasteiger partial charge < -0.3 is 0 Å². The first-order valence-electron chi connectivity index (χ1n) is 5.27. The molecule has 0 spiro atoms. The minimum atomic E-state index is -1.42. The highest BCUT2D eigenvalue weighted by molar-refractivity contribution is 6.67. The molecule has 0 radical (unpaired) electrons. The lowest BCUT2D eigenvalue weighted by Crippen LogP contribution is -2.01. The number of rotatable bonds is 0. The Morgan fingerprint density at radius 2 is 1.43 bits per heavy atom. The Bertz CT molecular complexity index is 547. The van der Waals surface area contributed by atoms with Crippen LogP contribution in [-0.2, 0) is 7.59 Å². The highest BCUT2D eigenvalue weighted by Gasteiger charge is 2.23. The SMILES string of the molecule is ClC(Cl)(Cl)c1ccccn1.Clc1ccc(C(Cl)(Cl)Cl)cn1. The molecule has 2 nitrogen and oxygen atoms in total. The molecule has 2 heterocycles. The van der Waals surface area contributed by atoms with Gasteiger partial charge in [-0.15, -0.1) is 0 Å². The van der Waals surface area contributed by atoms with Gasteiger partial charge in [-0.3, -0.25) is 4.98 Å². The molecule has 0 saturated carbocycles. The van der Waals surface area contributed by atoms with E-state index in [1.54, 1.807) is 36.5 Å². The van der Waals surface area contributed by atoms with Crippen molar-refractivity contribution in [1.29, 1.82) is 0 Å². The van der Waals surface area contributed by atoms with E-state index in [1.165, 1.54) is 6.20 Å². The molecule has 9 heteroatoms. The molecule has 0 bridgehead atoms. The van der Waals surface area contributed by atoms with Gasteiger partial charge in [0.25, 0.3) is 0 Å². The summed E-state index contributed by atoms with van der Waals surface area (Å²) in [6.45, 7) is 0. The van der Waals surface area contributed by atoms with Crippen LogP contribution in [0.15, 0.2) is 42.7 Å². The Kier molecular flexibility index (Phi) is 7.62. The van der Waals surface area contributed by atoms with Gasteiger partial charge in [-0.2, -0.15) is 0 Å². The molecule has 0 aliphatic carbocycles. The summed E-state index contributed by atoms with van der Waals surface area (Å²) in [6.07, 6.45) is 3.01. The first-order valence-corrected chi connectivity index (χ1v) is 7.92. The lowest BCUT2D eigenvalue weighted by atomic mass is 10.3. The van der Waals surface area contributed by atoms with Gasteiger partial charge in [0.15, 0.2) is 0 Å². The minimum absolute atomic E-state index is 0.378. The maximum atomic E-state index is 5.56. The van der Waals surface area contributed by atoms with Crippen LogP contribution in [0.3, 0.4) is 0 Å². The third-order valence-corrected chi connectivity index (χ3v) is 3.47. The van der Waals surface area contributed by atoms with E-state index in [2.05, 4.69) is 9.97 Å². The van der Waals surface area contributed by atoms with E-state index in [9.17, 15) is 0 Å². The van der Waals surface area contributed by atoms with Crippen LogP contribution in [0.2, 0.25) is 5.15 Å². The Morgan fingerprint density at radius 3 is 1.76 bits per heavy atom. The predicted molar refractivity (Wildman–Crippen MR) is 92.0 cm³/mol. The molecule has 0 aliphatic heterocycles. The Hall–Kier alpha value is 0.330. The topological polar surface area (TPSA) is 25.8 Å². The maximum Gasteiger partial charge on any atom is 0.232 e. The zero-order chi connectivity index (χ0) is 16.1. The standard InChI is InChI=1S/C6H3Cl4N.C6H4Cl3N/c7-5-2-1-4(3-11-5)6(8,9)10;7-6(8,9)5-3-1-2-4-10-5/h1-3H;1-4H. The van der Waals surface area contributed by atoms with Gasteiger partial charge in [0.05, 0.1) is 5.69 Å². The molecule has 0 aromatic carbocycles. The number of hydrogen-bond donors (Lipinski definition) is 0. The highest BCUT2D eigenvalue weighted by atomic mass is 35.6. The summed E-state index contributed by atoms with van der Waals surface area (Å²) in [5, 5.41) is 0.378. The molecule has 0 N–H and O–H groups in total. The zero-order valence-corrected chi connectivity index (χ0v) is 15.4. The van der Waals surface area contributed by atoms with Crippen LogP contribution in [-0.4, -0.2) is 9.97 Å². The van der Waals surface area contributed by atoms with Crippen molar-refractivity contribution >= 4 is 81.2 Å². The first kappa shape index (κ1) is 19.4. The van der Waals surface area contributed by atoms with Gasteiger partial charge in [-0.25, -0.2) is 4.98 Å². The lowest BCUT2D eigenvalue weighted by Gasteiger charge is -2.09. The summed E-state index contributed by atoms with van der Waals surface area (Å²) in [4.78, 5) is 7.61. The van der Waals surface area contributed by atoms with Gasteiger partial charge in [-0.05, 0) is 18.2 Å². The molecule has 0 aliphatic rings. The molecular formula is C12H7Cl7N2. The molecule has 114 valence electrons. The average Bonchev–Trinajstić information content (AvgIpc) is 2.39. The summed E-state index contributed by atoms with van der Waals surface area (Å²) in [6, 6.07) is 8.37. The quantitative estimate of drug-likeness (QED) is 0.356. The second-order valence-electron chi connectivity index (χ2n) is 3.58. The van der Waals surface area contributed by atoms with Gasteiger partial charge in [0.1, 0.15) is 5.15 Å². The molecular weight excluding hydrogens is 420 g/mol. The second kappa shape index (κ2) is 8.26. The van der Waals surface area contributed by atoms with Crippen molar-refractivity contribution in [3.05, 3.63) is 59.1 Å². The number of alkyl halides is 6. The first-order chi connectivity index (χ1) is 9.60. The Labute approximate surface area is 157 Å². The van der Waals surface area contributed by atoms with Crippen molar-refractivity contribution in [3.63, 3.8) is 0 Å². The molecule has 2 rings (SSSR count). The molecule has 0 fully saturated rings. The van der Waals surface area contributed by atoms with Gasteiger partial charge >= 0.3 is 0 Å². The van der Waals surface area contributed by atoms with E-state index in [0.29, 0.717) is 16.4 Å². The van der Waals surface area contributed by atoms with E-state index < -0.39 is 7.59 Å². The summed E-state index contributed by atoms with van der Waals surface area (Å²) in [7, 11) is 0. The lowest BCUT2D eigenvalue weighted by molar-refractivity contribution is 1.09. The summed E-state index contributed by atoms with van der Waals surface area (Å²) >= 11 is 38.8. The zero-order valence-electron chi connectivity index (χ0n) is 10.1. The average molecular weight is 427 g/mol. The van der Waals surface area contributed by atoms with Crippen LogP contribution < -0.4 is 0 Å². The number of pyridine rings is 2. The molecule has 0 saturated heterocycles. The van der Waals surface area contributed by atoms with Crippen molar-refractivity contribution in [1.82, 2.24) is 9.97 Å². The van der Waals surface area contributed by atoms with Crippen molar-refractivity contribution < 1.29 is 0 Å². The fraction of sp³-hybridized carbons (Fsp3) is 0.167. The van der Waals surface area contributed by atoms with Gasteiger partial charge in [-0.1, -0.05) is 93.3 Å². The monoisotopic (exact) mass is 424 g/mol. The number of aromatic nitrogens is 2. The smallest absolute Gasteiger partial charge is 0.232 e. The van der Waals surface area contributed by atoms with Crippen molar-refractivity contribution in [2.45, 2.75) is 7.59 Å². The molecule has 2 aromatic rings. The third kappa shape index (κ3) is 7.43. The van der Waals surface area contributed by atoms with E-state index >= 15 is 0 Å².